The number of H-pyrrole nitrogens is 1. The molecule has 124 valence electrons. The Morgan fingerprint density at radius 2 is 1.87 bits per heavy atom. The molecule has 1 N–H and O–H groups in total. The third-order valence-corrected chi connectivity index (χ3v) is 4.98. The van der Waals surface area contributed by atoms with E-state index in [1.165, 1.54) is 7.05 Å². The molecule has 0 radical (unpaired) electrons. The molecule has 0 aliphatic carbocycles. The topological polar surface area (TPSA) is 84.3 Å². The first-order chi connectivity index (χ1) is 10.5. The van der Waals surface area contributed by atoms with Crippen molar-refractivity contribution < 1.29 is 4.21 Å². The molecular weight excluding hydrogens is 314 g/mol. The second kappa shape index (κ2) is 5.88. The lowest BCUT2D eigenvalue weighted by molar-refractivity contribution is 0.650. The molecule has 2 rings (SSSR count). The van der Waals surface area contributed by atoms with Crippen LogP contribution in [0.1, 0.15) is 38.8 Å². The molecule has 7 heteroatoms. The van der Waals surface area contributed by atoms with Crippen molar-refractivity contribution in [2.24, 2.45) is 11.4 Å². The van der Waals surface area contributed by atoms with Gasteiger partial charge in [0.2, 0.25) is 0 Å². The van der Waals surface area contributed by atoms with Crippen molar-refractivity contribution in [3.63, 3.8) is 0 Å². The minimum Gasteiger partial charge on any atom is -0.306 e. The number of aryl methyl sites for hydroxylation is 1. The van der Waals surface area contributed by atoms with Gasteiger partial charge in [0.25, 0.3) is 5.56 Å². The average molecular weight is 335 g/mol. The van der Waals surface area contributed by atoms with Gasteiger partial charge in [0.1, 0.15) is 11.0 Å². The first-order valence-corrected chi connectivity index (χ1v) is 8.34. The van der Waals surface area contributed by atoms with Crippen LogP contribution in [0.25, 0.3) is 10.9 Å². The zero-order valence-corrected chi connectivity index (χ0v) is 15.0. The highest BCUT2D eigenvalue weighted by Crippen LogP contribution is 2.19. The molecule has 2 aromatic rings. The summed E-state index contributed by atoms with van der Waals surface area (Å²) in [4.78, 5) is 26.9. The monoisotopic (exact) mass is 335 g/mol. The number of aromatic nitrogens is 2. The zero-order chi connectivity index (χ0) is 17.5. The minimum absolute atomic E-state index is 0.363. The second-order valence-electron chi connectivity index (χ2n) is 6.57. The molecular formula is C16H21N3O3S. The van der Waals surface area contributed by atoms with Gasteiger partial charge in [-0.15, -0.1) is 0 Å². The van der Waals surface area contributed by atoms with E-state index in [1.807, 2.05) is 33.8 Å². The molecule has 23 heavy (non-hydrogen) atoms. The number of fused-ring (bicyclic) bond motifs is 1. The van der Waals surface area contributed by atoms with E-state index in [2.05, 4.69) is 9.38 Å². The molecule has 0 aliphatic rings. The average Bonchev–Trinajstić information content (AvgIpc) is 2.44. The van der Waals surface area contributed by atoms with Crippen LogP contribution in [0, 0.1) is 6.92 Å². The quantitative estimate of drug-likeness (QED) is 0.849. The van der Waals surface area contributed by atoms with Crippen LogP contribution in [-0.2, 0) is 18.0 Å². The molecule has 1 heterocycles. The number of hydrogen-bond acceptors (Lipinski definition) is 3. The number of hydrogen-bond donors (Lipinski definition) is 1. The van der Waals surface area contributed by atoms with Crippen LogP contribution in [0.3, 0.4) is 0 Å². The van der Waals surface area contributed by atoms with E-state index in [1.54, 1.807) is 13.0 Å². The summed E-state index contributed by atoms with van der Waals surface area (Å²) in [6, 6.07) is 3.56. The molecule has 0 aliphatic heterocycles. The standard InChI is InChI=1S/C16H21N3O3S/c1-9-7-11(10(2)18-23(22)16(3,4)5)13-12(8-9)14(20)19(6)15(21)17-13/h7-8H,1-6H3,(H,17,21)/t23-/m1/s1. The second-order valence-corrected chi connectivity index (χ2v) is 8.47. The molecule has 1 atom stereocenters. The fourth-order valence-electron chi connectivity index (χ4n) is 2.15. The summed E-state index contributed by atoms with van der Waals surface area (Å²) < 4.78 is 17.0. The molecule has 1 aromatic carbocycles. The van der Waals surface area contributed by atoms with Crippen molar-refractivity contribution in [3.05, 3.63) is 44.1 Å². The fourth-order valence-corrected chi connectivity index (χ4v) is 2.77. The maximum atomic E-state index is 12.3. The SMILES string of the molecule is CC(=N[S@](=O)C(C)(C)C)c1cc(C)cc2c(=O)n(C)c(=O)[nH]c12. The van der Waals surface area contributed by atoms with E-state index < -0.39 is 21.4 Å². The predicted molar refractivity (Wildman–Crippen MR) is 94.7 cm³/mol. The lowest BCUT2D eigenvalue weighted by Gasteiger charge is -2.15. The Morgan fingerprint density at radius 3 is 2.43 bits per heavy atom. The number of benzene rings is 1. The first-order valence-electron chi connectivity index (χ1n) is 7.23. The van der Waals surface area contributed by atoms with Crippen molar-refractivity contribution in [2.45, 2.75) is 39.4 Å². The molecule has 1 aromatic heterocycles. The summed E-state index contributed by atoms with van der Waals surface area (Å²) in [5.74, 6) is 0. The van der Waals surface area contributed by atoms with Crippen LogP contribution >= 0.6 is 0 Å². The summed E-state index contributed by atoms with van der Waals surface area (Å²) in [5, 5.41) is 0.415. The van der Waals surface area contributed by atoms with Gasteiger partial charge in [-0.25, -0.2) is 9.00 Å². The summed E-state index contributed by atoms with van der Waals surface area (Å²) in [7, 11) is 0.00888. The van der Waals surface area contributed by atoms with Crippen molar-refractivity contribution in [1.82, 2.24) is 9.55 Å². The normalized spacial score (nSPS) is 14.3. The van der Waals surface area contributed by atoms with Crippen LogP contribution in [0.5, 0.6) is 0 Å². The Balaban J connectivity index is 2.80. The van der Waals surface area contributed by atoms with Gasteiger partial charge in [-0.1, -0.05) is 0 Å². The van der Waals surface area contributed by atoms with Crippen molar-refractivity contribution >= 4 is 27.6 Å². The number of nitrogens with one attached hydrogen (secondary N) is 1. The van der Waals surface area contributed by atoms with Crippen molar-refractivity contribution in [3.8, 4) is 0 Å². The Bertz CT molecular complexity index is 946. The fraction of sp³-hybridized carbons (Fsp3) is 0.438. The van der Waals surface area contributed by atoms with Crippen molar-refractivity contribution in [2.75, 3.05) is 0 Å². The van der Waals surface area contributed by atoms with Gasteiger partial charge in [-0.05, 0) is 52.3 Å². The Hall–Kier alpha value is -2.02. The summed E-state index contributed by atoms with van der Waals surface area (Å²) >= 11 is 0. The van der Waals surface area contributed by atoms with E-state index in [-0.39, 0.29) is 5.56 Å². The molecule has 0 saturated heterocycles. The van der Waals surface area contributed by atoms with E-state index in [9.17, 15) is 13.8 Å². The van der Waals surface area contributed by atoms with E-state index in [0.29, 0.717) is 22.2 Å². The van der Waals surface area contributed by atoms with E-state index >= 15 is 0 Å². The predicted octanol–water partition coefficient (Wildman–Crippen LogP) is 1.81. The third-order valence-electron chi connectivity index (χ3n) is 3.49. The van der Waals surface area contributed by atoms with Crippen molar-refractivity contribution in [1.29, 1.82) is 0 Å². The Morgan fingerprint density at radius 1 is 1.26 bits per heavy atom. The lowest BCUT2D eigenvalue weighted by atomic mass is 10.0. The summed E-state index contributed by atoms with van der Waals surface area (Å²) in [6.45, 7) is 9.11. The minimum atomic E-state index is -1.42. The van der Waals surface area contributed by atoms with Gasteiger partial charge < -0.3 is 4.98 Å². The molecule has 0 fully saturated rings. The molecule has 0 saturated carbocycles. The van der Waals surface area contributed by atoms with Crippen LogP contribution in [0.4, 0.5) is 0 Å². The molecule has 0 spiro atoms. The van der Waals surface area contributed by atoms with Crippen LogP contribution in [-0.4, -0.2) is 24.2 Å². The lowest BCUT2D eigenvalue weighted by Crippen LogP contribution is -2.33. The summed E-state index contributed by atoms with van der Waals surface area (Å²) in [6.07, 6.45) is 0. The molecule has 0 unspecified atom stereocenters. The smallest absolute Gasteiger partial charge is 0.306 e. The van der Waals surface area contributed by atoms with Crippen LogP contribution < -0.4 is 11.2 Å². The molecule has 6 nitrogen and oxygen atoms in total. The zero-order valence-electron chi connectivity index (χ0n) is 14.2. The highest BCUT2D eigenvalue weighted by Gasteiger charge is 2.20. The highest BCUT2D eigenvalue weighted by atomic mass is 32.2. The largest absolute Gasteiger partial charge is 0.328 e. The molecule has 0 bridgehead atoms. The van der Waals surface area contributed by atoms with Gasteiger partial charge in [0.15, 0.2) is 0 Å². The van der Waals surface area contributed by atoms with E-state index in [0.717, 1.165) is 10.1 Å². The maximum Gasteiger partial charge on any atom is 0.328 e. The molecule has 0 amide bonds. The summed E-state index contributed by atoms with van der Waals surface area (Å²) in [5.41, 5.74) is 1.59. The Kier molecular flexibility index (Phi) is 4.43. The van der Waals surface area contributed by atoms with Crippen LogP contribution in [0.2, 0.25) is 0 Å². The van der Waals surface area contributed by atoms with Gasteiger partial charge in [0.05, 0.1) is 21.4 Å². The Labute approximate surface area is 136 Å². The first kappa shape index (κ1) is 17.3. The third kappa shape index (κ3) is 3.34. The number of nitrogens with zero attached hydrogens (tertiary/aromatic N) is 2. The van der Waals surface area contributed by atoms with Gasteiger partial charge in [-0.2, -0.15) is 4.40 Å². The van der Waals surface area contributed by atoms with Gasteiger partial charge in [-0.3, -0.25) is 9.36 Å². The highest BCUT2D eigenvalue weighted by molar-refractivity contribution is 7.85. The maximum absolute atomic E-state index is 12.3. The van der Waals surface area contributed by atoms with E-state index in [4.69, 9.17) is 0 Å². The van der Waals surface area contributed by atoms with Gasteiger partial charge in [0, 0.05) is 12.6 Å². The van der Waals surface area contributed by atoms with Gasteiger partial charge >= 0.3 is 5.69 Å². The number of rotatable bonds is 2. The van der Waals surface area contributed by atoms with Crippen LogP contribution in [0.15, 0.2) is 26.1 Å². The number of aromatic amines is 1.